The number of hydrogen-bond acceptors (Lipinski definition) is 1. The van der Waals surface area contributed by atoms with Gasteiger partial charge in [-0.3, -0.25) is 0 Å². The van der Waals surface area contributed by atoms with Gasteiger partial charge in [0, 0.05) is 6.04 Å². The van der Waals surface area contributed by atoms with Crippen LogP contribution in [0, 0.1) is 11.3 Å². The average molecular weight is 176 g/mol. The van der Waals surface area contributed by atoms with E-state index in [0.717, 1.165) is 11.3 Å². The van der Waals surface area contributed by atoms with Crippen LogP contribution in [-0.2, 0) is 0 Å². The van der Waals surface area contributed by atoms with Gasteiger partial charge in [-0.05, 0) is 43.4 Å². The highest BCUT2D eigenvalue weighted by molar-refractivity contribution is 5.85. The minimum atomic E-state index is 0. The second-order valence-corrected chi connectivity index (χ2v) is 4.38. The van der Waals surface area contributed by atoms with E-state index in [0.29, 0.717) is 6.04 Å². The first kappa shape index (κ1) is 9.34. The summed E-state index contributed by atoms with van der Waals surface area (Å²) in [6, 6.07) is 0.510. The average Bonchev–Trinajstić information content (AvgIpc) is 2.62. The maximum absolute atomic E-state index is 5.99. The van der Waals surface area contributed by atoms with Crippen LogP contribution in [0.5, 0.6) is 0 Å². The van der Waals surface area contributed by atoms with Crippen LogP contribution in [0.2, 0.25) is 0 Å². The van der Waals surface area contributed by atoms with Gasteiger partial charge in [-0.15, -0.1) is 12.4 Å². The Balaban J connectivity index is 0.000000605. The molecule has 2 unspecified atom stereocenters. The number of halogens is 1. The third-order valence-electron chi connectivity index (χ3n) is 3.49. The summed E-state index contributed by atoms with van der Waals surface area (Å²) in [4.78, 5) is 0. The fourth-order valence-corrected chi connectivity index (χ4v) is 2.18. The molecule has 2 saturated carbocycles. The lowest BCUT2D eigenvalue weighted by Crippen LogP contribution is -2.35. The van der Waals surface area contributed by atoms with Crippen LogP contribution in [0.15, 0.2) is 0 Å². The molecule has 0 bridgehead atoms. The van der Waals surface area contributed by atoms with Gasteiger partial charge in [0.25, 0.3) is 0 Å². The largest absolute Gasteiger partial charge is 0.327 e. The Morgan fingerprint density at radius 2 is 1.91 bits per heavy atom. The normalized spacial score (nSPS) is 39.8. The lowest BCUT2D eigenvalue weighted by atomic mass is 9.77. The van der Waals surface area contributed by atoms with Crippen molar-refractivity contribution in [2.45, 2.75) is 45.1 Å². The summed E-state index contributed by atoms with van der Waals surface area (Å²) >= 11 is 0. The smallest absolute Gasteiger partial charge is 0.00698 e. The van der Waals surface area contributed by atoms with E-state index in [2.05, 4.69) is 6.92 Å². The van der Waals surface area contributed by atoms with E-state index in [4.69, 9.17) is 5.73 Å². The van der Waals surface area contributed by atoms with Crippen molar-refractivity contribution < 1.29 is 0 Å². The van der Waals surface area contributed by atoms with Crippen LogP contribution in [0.4, 0.5) is 0 Å². The van der Waals surface area contributed by atoms with Gasteiger partial charge in [-0.1, -0.05) is 6.92 Å². The Kier molecular flexibility index (Phi) is 2.50. The molecule has 0 radical (unpaired) electrons. The zero-order valence-corrected chi connectivity index (χ0v) is 7.99. The molecule has 2 atom stereocenters. The predicted molar refractivity (Wildman–Crippen MR) is 49.9 cm³/mol. The molecule has 66 valence electrons. The minimum Gasteiger partial charge on any atom is -0.327 e. The molecule has 0 amide bonds. The van der Waals surface area contributed by atoms with Crippen LogP contribution in [-0.4, -0.2) is 6.04 Å². The summed E-state index contributed by atoms with van der Waals surface area (Å²) in [6.07, 6.45) is 7.08. The summed E-state index contributed by atoms with van der Waals surface area (Å²) in [6.45, 7) is 2.29. The Morgan fingerprint density at radius 1 is 1.27 bits per heavy atom. The minimum absolute atomic E-state index is 0. The van der Waals surface area contributed by atoms with Crippen molar-refractivity contribution in [2.75, 3.05) is 0 Å². The molecule has 0 aromatic heterocycles. The highest BCUT2D eigenvalue weighted by atomic mass is 35.5. The maximum Gasteiger partial charge on any atom is 0.00698 e. The molecular weight excluding hydrogens is 158 g/mol. The molecule has 0 aliphatic heterocycles. The first-order valence-corrected chi connectivity index (χ1v) is 4.47. The van der Waals surface area contributed by atoms with Crippen LogP contribution >= 0.6 is 12.4 Å². The summed E-state index contributed by atoms with van der Waals surface area (Å²) in [7, 11) is 0. The number of nitrogens with two attached hydrogens (primary N) is 1. The third-order valence-corrected chi connectivity index (χ3v) is 3.49. The van der Waals surface area contributed by atoms with E-state index in [9.17, 15) is 0 Å². The molecule has 2 aliphatic rings. The first-order chi connectivity index (χ1) is 4.72. The van der Waals surface area contributed by atoms with Gasteiger partial charge in [0.2, 0.25) is 0 Å². The zero-order chi connectivity index (χ0) is 7.19. The van der Waals surface area contributed by atoms with E-state index in [1.54, 1.807) is 0 Å². The van der Waals surface area contributed by atoms with Crippen molar-refractivity contribution >= 4 is 12.4 Å². The quantitative estimate of drug-likeness (QED) is 0.601. The molecule has 2 N–H and O–H groups in total. The second kappa shape index (κ2) is 2.95. The van der Waals surface area contributed by atoms with Crippen molar-refractivity contribution in [1.29, 1.82) is 0 Å². The summed E-state index contributed by atoms with van der Waals surface area (Å²) in [5.74, 6) is 0.784. The number of hydrogen-bond donors (Lipinski definition) is 1. The summed E-state index contributed by atoms with van der Waals surface area (Å²) in [5.41, 5.74) is 6.75. The fraction of sp³-hybridized carbons (Fsp3) is 1.00. The summed E-state index contributed by atoms with van der Waals surface area (Å²) < 4.78 is 0. The Hall–Kier alpha value is 0.250. The first-order valence-electron chi connectivity index (χ1n) is 4.47. The zero-order valence-electron chi connectivity index (χ0n) is 7.18. The lowest BCUT2D eigenvalue weighted by Gasteiger charge is -2.31. The maximum atomic E-state index is 5.99. The Morgan fingerprint density at radius 3 is 2.36 bits per heavy atom. The van der Waals surface area contributed by atoms with Crippen LogP contribution in [0.3, 0.4) is 0 Å². The summed E-state index contributed by atoms with van der Waals surface area (Å²) in [5, 5.41) is 0. The van der Waals surface area contributed by atoms with E-state index in [1.165, 1.54) is 32.1 Å². The SMILES string of the molecule is CC1CCC2(CC2)CC1N.Cl. The third kappa shape index (κ3) is 1.70. The molecule has 2 aliphatic carbocycles. The van der Waals surface area contributed by atoms with Crippen LogP contribution in [0.25, 0.3) is 0 Å². The molecule has 2 fully saturated rings. The Labute approximate surface area is 75.1 Å². The Bertz CT molecular complexity index is 142. The van der Waals surface area contributed by atoms with Crippen molar-refractivity contribution in [3.8, 4) is 0 Å². The molecule has 2 rings (SSSR count). The molecule has 11 heavy (non-hydrogen) atoms. The van der Waals surface area contributed by atoms with Crippen LogP contribution in [0.1, 0.15) is 39.0 Å². The van der Waals surface area contributed by atoms with E-state index >= 15 is 0 Å². The monoisotopic (exact) mass is 175 g/mol. The molecule has 0 saturated heterocycles. The van der Waals surface area contributed by atoms with E-state index in [-0.39, 0.29) is 12.4 Å². The van der Waals surface area contributed by atoms with Gasteiger partial charge in [0.15, 0.2) is 0 Å². The highest BCUT2D eigenvalue weighted by Crippen LogP contribution is 2.56. The molecule has 0 heterocycles. The standard InChI is InChI=1S/C9H17N.ClH/c1-7-2-3-9(4-5-9)6-8(7)10;/h7-8H,2-6,10H2,1H3;1H. The number of rotatable bonds is 0. The molecular formula is C9H18ClN. The molecule has 2 heteroatoms. The highest BCUT2D eigenvalue weighted by Gasteiger charge is 2.46. The van der Waals surface area contributed by atoms with Gasteiger partial charge in [0.05, 0.1) is 0 Å². The lowest BCUT2D eigenvalue weighted by molar-refractivity contribution is 0.235. The molecule has 0 aromatic rings. The van der Waals surface area contributed by atoms with E-state index in [1.807, 2.05) is 0 Å². The van der Waals surface area contributed by atoms with Crippen molar-refractivity contribution in [1.82, 2.24) is 0 Å². The van der Waals surface area contributed by atoms with Crippen LogP contribution < -0.4 is 5.73 Å². The van der Waals surface area contributed by atoms with Crippen molar-refractivity contribution in [2.24, 2.45) is 17.1 Å². The van der Waals surface area contributed by atoms with Gasteiger partial charge in [-0.25, -0.2) is 0 Å². The second-order valence-electron chi connectivity index (χ2n) is 4.38. The molecule has 1 spiro atoms. The van der Waals surface area contributed by atoms with Crippen molar-refractivity contribution in [3.63, 3.8) is 0 Å². The topological polar surface area (TPSA) is 26.0 Å². The van der Waals surface area contributed by atoms with Gasteiger partial charge < -0.3 is 5.73 Å². The molecule has 1 nitrogen and oxygen atoms in total. The van der Waals surface area contributed by atoms with E-state index < -0.39 is 0 Å². The van der Waals surface area contributed by atoms with Gasteiger partial charge >= 0.3 is 0 Å². The predicted octanol–water partition coefficient (Wildman–Crippen LogP) is 2.34. The fourth-order valence-electron chi connectivity index (χ4n) is 2.18. The van der Waals surface area contributed by atoms with Gasteiger partial charge in [0.1, 0.15) is 0 Å². The van der Waals surface area contributed by atoms with Gasteiger partial charge in [-0.2, -0.15) is 0 Å². The van der Waals surface area contributed by atoms with Crippen molar-refractivity contribution in [3.05, 3.63) is 0 Å². The molecule has 0 aromatic carbocycles.